The summed E-state index contributed by atoms with van der Waals surface area (Å²) in [7, 11) is 0. The van der Waals surface area contributed by atoms with E-state index < -0.39 is 0 Å². The van der Waals surface area contributed by atoms with Crippen molar-refractivity contribution in [1.29, 1.82) is 0 Å². The molecule has 0 amide bonds. The first-order chi connectivity index (χ1) is 8.35. The van der Waals surface area contributed by atoms with Crippen LogP contribution in [-0.4, -0.2) is 19.8 Å². The van der Waals surface area contributed by atoms with Gasteiger partial charge in [-0.15, -0.1) is 0 Å². The molecule has 0 unspecified atom stereocenters. The molecule has 4 nitrogen and oxygen atoms in total. The maximum atomic E-state index is 5.67. The summed E-state index contributed by atoms with van der Waals surface area (Å²) in [6, 6.07) is 4.13. The van der Waals surface area contributed by atoms with Crippen LogP contribution in [0.15, 0.2) is 12.1 Å². The van der Waals surface area contributed by atoms with Crippen molar-refractivity contribution < 1.29 is 14.3 Å². The molecule has 17 heavy (non-hydrogen) atoms. The second kappa shape index (κ2) is 5.89. The molecule has 4 heteroatoms. The van der Waals surface area contributed by atoms with E-state index in [9.17, 15) is 0 Å². The first-order valence-electron chi connectivity index (χ1n) is 6.08. The number of fused-ring (bicyclic) bond motifs is 1. The molecule has 0 saturated heterocycles. The summed E-state index contributed by atoms with van der Waals surface area (Å²) in [5.74, 6) is 6.77. The van der Waals surface area contributed by atoms with Crippen LogP contribution in [0, 0.1) is 0 Å². The predicted octanol–water partition coefficient (Wildman–Crippen LogP) is 1.84. The quantitative estimate of drug-likeness (QED) is 0.812. The first-order valence-corrected chi connectivity index (χ1v) is 6.08. The number of nitrogens with two attached hydrogens (primary N) is 1. The minimum Gasteiger partial charge on any atom is -0.490 e. The second-order valence-electron chi connectivity index (χ2n) is 4.09. The summed E-state index contributed by atoms with van der Waals surface area (Å²) in [6.07, 6.45) is 2.70. The van der Waals surface area contributed by atoms with E-state index in [1.807, 2.05) is 0 Å². The Morgan fingerprint density at radius 2 is 1.82 bits per heavy atom. The van der Waals surface area contributed by atoms with E-state index in [-0.39, 0.29) is 0 Å². The van der Waals surface area contributed by atoms with Gasteiger partial charge in [-0.2, -0.15) is 0 Å². The Kier molecular flexibility index (Phi) is 4.23. The SMILES string of the molecule is CCc1cc2c(cc1CCON)OCCCO2. The number of ether oxygens (including phenoxy) is 2. The minimum atomic E-state index is 0.520. The number of benzene rings is 1. The molecule has 1 aromatic rings. The topological polar surface area (TPSA) is 53.7 Å². The van der Waals surface area contributed by atoms with Crippen molar-refractivity contribution in [3.05, 3.63) is 23.3 Å². The highest BCUT2D eigenvalue weighted by molar-refractivity contribution is 5.48. The van der Waals surface area contributed by atoms with Gasteiger partial charge in [-0.25, -0.2) is 5.90 Å². The Bertz CT molecular complexity index is 379. The predicted molar refractivity (Wildman–Crippen MR) is 65.3 cm³/mol. The Morgan fingerprint density at radius 3 is 2.41 bits per heavy atom. The molecule has 94 valence electrons. The van der Waals surface area contributed by atoms with Gasteiger partial charge in [-0.3, -0.25) is 0 Å². The van der Waals surface area contributed by atoms with Crippen molar-refractivity contribution in [3.8, 4) is 11.5 Å². The van der Waals surface area contributed by atoms with Gasteiger partial charge in [0.05, 0.1) is 19.8 Å². The van der Waals surface area contributed by atoms with E-state index in [0.29, 0.717) is 13.2 Å². The molecule has 2 rings (SSSR count). The summed E-state index contributed by atoms with van der Waals surface area (Å²) in [5.41, 5.74) is 2.49. The van der Waals surface area contributed by atoms with Gasteiger partial charge in [0.2, 0.25) is 0 Å². The summed E-state index contributed by atoms with van der Waals surface area (Å²) >= 11 is 0. The third-order valence-electron chi connectivity index (χ3n) is 2.94. The first kappa shape index (κ1) is 12.2. The lowest BCUT2D eigenvalue weighted by molar-refractivity contribution is 0.141. The fourth-order valence-electron chi connectivity index (χ4n) is 2.02. The van der Waals surface area contributed by atoms with E-state index in [0.717, 1.165) is 37.4 Å². The lowest BCUT2D eigenvalue weighted by Gasteiger charge is -2.13. The molecule has 0 radical (unpaired) electrons. The Morgan fingerprint density at radius 1 is 1.18 bits per heavy atom. The van der Waals surface area contributed by atoms with Crippen LogP contribution in [0.3, 0.4) is 0 Å². The van der Waals surface area contributed by atoms with E-state index in [1.165, 1.54) is 11.1 Å². The third-order valence-corrected chi connectivity index (χ3v) is 2.94. The van der Waals surface area contributed by atoms with Gasteiger partial charge >= 0.3 is 0 Å². The van der Waals surface area contributed by atoms with E-state index in [2.05, 4.69) is 23.9 Å². The summed E-state index contributed by atoms with van der Waals surface area (Å²) in [6.45, 7) is 4.09. The molecule has 1 aliphatic heterocycles. The maximum Gasteiger partial charge on any atom is 0.161 e. The van der Waals surface area contributed by atoms with Crippen molar-refractivity contribution >= 4 is 0 Å². The van der Waals surface area contributed by atoms with Crippen LogP contribution < -0.4 is 15.4 Å². The van der Waals surface area contributed by atoms with Crippen LogP contribution in [0.4, 0.5) is 0 Å². The van der Waals surface area contributed by atoms with E-state index >= 15 is 0 Å². The minimum absolute atomic E-state index is 0.520. The lowest BCUT2D eigenvalue weighted by Crippen LogP contribution is -2.06. The Balaban J connectivity index is 2.28. The lowest BCUT2D eigenvalue weighted by atomic mass is 10.0. The van der Waals surface area contributed by atoms with Crippen molar-refractivity contribution in [2.45, 2.75) is 26.2 Å². The molecule has 0 fully saturated rings. The van der Waals surface area contributed by atoms with Gasteiger partial charge < -0.3 is 14.3 Å². The zero-order valence-electron chi connectivity index (χ0n) is 10.2. The zero-order valence-corrected chi connectivity index (χ0v) is 10.2. The highest BCUT2D eigenvalue weighted by atomic mass is 16.6. The maximum absolute atomic E-state index is 5.67. The fraction of sp³-hybridized carbons (Fsp3) is 0.538. The normalized spacial score (nSPS) is 14.5. The van der Waals surface area contributed by atoms with Crippen LogP contribution in [0.25, 0.3) is 0 Å². The van der Waals surface area contributed by atoms with Crippen molar-refractivity contribution in [3.63, 3.8) is 0 Å². The summed E-state index contributed by atoms with van der Waals surface area (Å²) in [4.78, 5) is 4.64. The second-order valence-corrected chi connectivity index (χ2v) is 4.09. The standard InChI is InChI=1S/C13H19NO3/c1-2-10-8-12-13(16-6-3-5-15-12)9-11(10)4-7-17-14/h8-9H,2-7,14H2,1H3. The molecule has 0 saturated carbocycles. The van der Waals surface area contributed by atoms with Gasteiger partial charge in [-0.05, 0) is 36.1 Å². The van der Waals surface area contributed by atoms with Crippen molar-refractivity contribution in [2.24, 2.45) is 5.90 Å². The molecule has 0 aromatic heterocycles. The molecular formula is C13H19NO3. The van der Waals surface area contributed by atoms with Crippen LogP contribution in [0.5, 0.6) is 11.5 Å². The van der Waals surface area contributed by atoms with Gasteiger partial charge in [0.25, 0.3) is 0 Å². The van der Waals surface area contributed by atoms with Gasteiger partial charge in [0.15, 0.2) is 11.5 Å². The molecule has 2 N–H and O–H groups in total. The molecule has 1 heterocycles. The molecule has 0 aliphatic carbocycles. The molecule has 0 spiro atoms. The average Bonchev–Trinajstić information content (AvgIpc) is 2.59. The van der Waals surface area contributed by atoms with Crippen LogP contribution in [0.2, 0.25) is 0 Å². The van der Waals surface area contributed by atoms with Crippen LogP contribution in [0.1, 0.15) is 24.5 Å². The largest absolute Gasteiger partial charge is 0.490 e. The van der Waals surface area contributed by atoms with Crippen molar-refractivity contribution in [1.82, 2.24) is 0 Å². The Labute approximate surface area is 102 Å². The smallest absolute Gasteiger partial charge is 0.161 e. The number of aryl methyl sites for hydroxylation is 1. The van der Waals surface area contributed by atoms with Crippen LogP contribution >= 0.6 is 0 Å². The average molecular weight is 237 g/mol. The van der Waals surface area contributed by atoms with Gasteiger partial charge in [0.1, 0.15) is 0 Å². The van der Waals surface area contributed by atoms with E-state index in [4.69, 9.17) is 15.4 Å². The van der Waals surface area contributed by atoms with Crippen LogP contribution in [-0.2, 0) is 17.7 Å². The van der Waals surface area contributed by atoms with Gasteiger partial charge in [-0.1, -0.05) is 6.92 Å². The summed E-state index contributed by atoms with van der Waals surface area (Å²) < 4.78 is 11.3. The molecule has 0 atom stereocenters. The number of rotatable bonds is 4. The monoisotopic (exact) mass is 237 g/mol. The third kappa shape index (κ3) is 2.90. The summed E-state index contributed by atoms with van der Waals surface area (Å²) in [5, 5.41) is 0. The molecule has 1 aliphatic rings. The fourth-order valence-corrected chi connectivity index (χ4v) is 2.02. The molecule has 1 aromatic carbocycles. The highest BCUT2D eigenvalue weighted by Crippen LogP contribution is 2.33. The van der Waals surface area contributed by atoms with E-state index in [1.54, 1.807) is 0 Å². The highest BCUT2D eigenvalue weighted by Gasteiger charge is 2.13. The number of hydrogen-bond acceptors (Lipinski definition) is 4. The molecule has 0 bridgehead atoms. The Hall–Kier alpha value is -1.26. The van der Waals surface area contributed by atoms with Crippen molar-refractivity contribution in [2.75, 3.05) is 19.8 Å². The molecular weight excluding hydrogens is 218 g/mol. The number of hydrogen-bond donors (Lipinski definition) is 1. The zero-order chi connectivity index (χ0) is 12.1. The van der Waals surface area contributed by atoms with Gasteiger partial charge in [0, 0.05) is 6.42 Å².